The monoisotopic (exact) mass is 586 g/mol. The summed E-state index contributed by atoms with van der Waals surface area (Å²) >= 11 is 0. The predicted octanol–water partition coefficient (Wildman–Crippen LogP) is 9.71. The van der Waals surface area contributed by atoms with Gasteiger partial charge in [0, 0.05) is 21.2 Å². The van der Waals surface area contributed by atoms with Gasteiger partial charge in [-0.3, -0.25) is 0 Å². The van der Waals surface area contributed by atoms with E-state index in [0.717, 1.165) is 0 Å². The highest BCUT2D eigenvalue weighted by Crippen LogP contribution is 2.54. The molecule has 0 heterocycles. The van der Waals surface area contributed by atoms with E-state index >= 15 is 0 Å². The second kappa shape index (κ2) is 11.4. The molecule has 0 aliphatic rings. The lowest BCUT2D eigenvalue weighted by Gasteiger charge is -2.29. The fourth-order valence-corrected chi connectivity index (χ4v) is 11.2. The second-order valence-corrected chi connectivity index (χ2v) is 14.4. The van der Waals surface area contributed by atoms with Crippen LogP contribution < -0.4 is 21.2 Å². The topological polar surface area (TPSA) is 9.23 Å². The normalized spacial score (nSPS) is 11.8. The summed E-state index contributed by atoms with van der Waals surface area (Å²) in [7, 11) is -2.44. The molecule has 0 aliphatic carbocycles. The molecule has 0 amide bonds. The Balaban J connectivity index is 1.42. The van der Waals surface area contributed by atoms with Crippen LogP contribution in [-0.2, 0) is 4.31 Å². The molecule has 8 rings (SSSR count). The van der Waals surface area contributed by atoms with Crippen LogP contribution in [0.2, 0.25) is 0 Å². The summed E-state index contributed by atoms with van der Waals surface area (Å²) in [5.74, 6) is 0. The van der Waals surface area contributed by atoms with Crippen molar-refractivity contribution in [1.82, 2.24) is 0 Å². The molecule has 0 aromatic heterocycles. The van der Waals surface area contributed by atoms with Gasteiger partial charge < -0.3 is 4.31 Å². The Kier molecular flexibility index (Phi) is 6.94. The zero-order chi connectivity index (χ0) is 28.6. The summed E-state index contributed by atoms with van der Waals surface area (Å²) in [4.78, 5) is 0. The Bertz CT molecular complexity index is 1920. The highest BCUT2D eigenvalue weighted by atomic mass is 31.2. The fraction of sp³-hybridized carbons (Fsp3) is 0. The van der Waals surface area contributed by atoms with Gasteiger partial charge in [-0.05, 0) is 43.1 Å². The third kappa shape index (κ3) is 4.81. The molecule has 0 N–H and O–H groups in total. The summed E-state index contributed by atoms with van der Waals surface area (Å²) < 4.78 is 7.76. The highest BCUT2D eigenvalue weighted by Gasteiger charge is 2.28. The molecule has 0 aliphatic heterocycles. The molecule has 0 spiro atoms. The van der Waals surface area contributed by atoms with E-state index < -0.39 is 16.3 Å². The van der Waals surface area contributed by atoms with Gasteiger partial charge >= 0.3 is 0 Å². The Morgan fingerprint density at radius 2 is 0.488 bits per heavy atom. The Morgan fingerprint density at radius 1 is 0.256 bits per heavy atom. The lowest BCUT2D eigenvalue weighted by Crippen LogP contribution is -2.20. The van der Waals surface area contributed by atoms with Gasteiger partial charge in [-0.15, -0.1) is 0 Å². The second-order valence-electron chi connectivity index (χ2n) is 10.7. The average molecular weight is 587 g/mol. The van der Waals surface area contributed by atoms with Crippen LogP contribution in [0.4, 0.5) is 0 Å². The van der Waals surface area contributed by atoms with E-state index in [-0.39, 0.29) is 0 Å². The predicted molar refractivity (Wildman–Crippen MR) is 189 cm³/mol. The van der Waals surface area contributed by atoms with E-state index in [1.807, 2.05) is 0 Å². The maximum absolute atomic E-state index is 7.76. The van der Waals surface area contributed by atoms with E-state index in [1.165, 1.54) is 64.3 Å². The van der Waals surface area contributed by atoms with E-state index in [2.05, 4.69) is 170 Å². The van der Waals surface area contributed by atoms with Crippen LogP contribution in [0.5, 0.6) is 0 Å². The van der Waals surface area contributed by atoms with Crippen molar-refractivity contribution in [2.45, 2.75) is 0 Å². The van der Waals surface area contributed by atoms with Gasteiger partial charge in [0.25, 0.3) is 0 Å². The zero-order valence-electron chi connectivity index (χ0n) is 23.5. The summed E-state index contributed by atoms with van der Waals surface area (Å²) in [6, 6.07) is 61.4. The minimum Gasteiger partial charge on any atom is -0.318 e. The first-order chi connectivity index (χ1) is 21.3. The number of hydrogen-bond donors (Lipinski definition) is 0. The van der Waals surface area contributed by atoms with Crippen molar-refractivity contribution in [2.75, 3.05) is 0 Å². The van der Waals surface area contributed by atoms with Crippen LogP contribution in [0.1, 0.15) is 0 Å². The average Bonchev–Trinajstić information content (AvgIpc) is 3.08. The Labute approximate surface area is 254 Å². The molecule has 0 radical (unpaired) electrons. The quantitative estimate of drug-likeness (QED) is 0.176. The first kappa shape index (κ1) is 26.3. The van der Waals surface area contributed by atoms with Crippen molar-refractivity contribution >= 4 is 80.6 Å². The first-order valence-corrected chi connectivity index (χ1v) is 17.1. The summed E-state index contributed by atoms with van der Waals surface area (Å²) in [6.45, 7) is 0. The largest absolute Gasteiger partial charge is 0.318 e. The maximum atomic E-state index is 7.76. The molecule has 0 atom stereocenters. The van der Waals surface area contributed by atoms with Crippen LogP contribution in [0.15, 0.2) is 170 Å². The molecule has 8 aromatic carbocycles. The van der Waals surface area contributed by atoms with Crippen molar-refractivity contribution in [3.05, 3.63) is 170 Å². The van der Waals surface area contributed by atoms with E-state index in [0.29, 0.717) is 0 Å². The molecule has 3 heteroatoms. The first-order valence-electron chi connectivity index (χ1n) is 14.5. The molecule has 0 unspecified atom stereocenters. The minimum atomic E-state index is -1.22. The van der Waals surface area contributed by atoms with Crippen molar-refractivity contribution in [1.29, 1.82) is 0 Å². The number of fused-ring (bicyclic) bond motifs is 4. The van der Waals surface area contributed by atoms with Gasteiger partial charge in [0.2, 0.25) is 0 Å². The van der Waals surface area contributed by atoms with Gasteiger partial charge in [-0.25, -0.2) is 0 Å². The molecule has 8 aromatic rings. The minimum absolute atomic E-state index is 1.22. The molecular weight excluding hydrogens is 558 g/mol. The van der Waals surface area contributed by atoms with Gasteiger partial charge in [-0.1, -0.05) is 170 Å². The van der Waals surface area contributed by atoms with E-state index in [1.54, 1.807) is 0 Å². The van der Waals surface area contributed by atoms with Crippen LogP contribution in [0.3, 0.4) is 0 Å². The van der Waals surface area contributed by atoms with Crippen molar-refractivity contribution < 1.29 is 4.31 Å². The van der Waals surface area contributed by atoms with Gasteiger partial charge in [-0.2, -0.15) is 0 Å². The SMILES string of the molecule is c1ccc2c(P(OP(c3cccc4ccccc34)c3cccc4ccccc34)c3cccc4ccccc34)cccc2c1. The van der Waals surface area contributed by atoms with Crippen molar-refractivity contribution in [3.63, 3.8) is 0 Å². The number of hydrogen-bond acceptors (Lipinski definition) is 1. The highest BCUT2D eigenvalue weighted by molar-refractivity contribution is 7.81. The summed E-state index contributed by atoms with van der Waals surface area (Å²) in [6.07, 6.45) is 0. The van der Waals surface area contributed by atoms with Crippen LogP contribution in [0.25, 0.3) is 43.1 Å². The summed E-state index contributed by atoms with van der Waals surface area (Å²) in [5, 5.41) is 14.9. The van der Waals surface area contributed by atoms with E-state index in [4.69, 9.17) is 4.31 Å². The van der Waals surface area contributed by atoms with Crippen molar-refractivity contribution in [3.8, 4) is 0 Å². The molecule has 0 fully saturated rings. The number of benzene rings is 8. The van der Waals surface area contributed by atoms with Crippen LogP contribution >= 0.6 is 16.3 Å². The molecule has 0 saturated carbocycles. The van der Waals surface area contributed by atoms with Gasteiger partial charge in [0.15, 0.2) is 0 Å². The molecule has 0 saturated heterocycles. The Hall–Kier alpha value is -4.38. The third-order valence-electron chi connectivity index (χ3n) is 8.10. The standard InChI is InChI=1S/C40H28OP2/c1-5-21-33-29(13-1)17-9-25-37(33)42(38-26-10-18-30-14-2-6-22-34(30)38)41-43(39-27-11-19-31-15-3-7-23-35(31)39)40-28-12-20-32-16-4-8-24-36(32)40/h1-28H. The van der Waals surface area contributed by atoms with Gasteiger partial charge in [0.1, 0.15) is 0 Å². The third-order valence-corrected chi connectivity index (χ3v) is 12.7. The van der Waals surface area contributed by atoms with Gasteiger partial charge in [0.05, 0.1) is 16.3 Å². The molecular formula is C40H28OP2. The zero-order valence-corrected chi connectivity index (χ0v) is 25.3. The summed E-state index contributed by atoms with van der Waals surface area (Å²) in [5.41, 5.74) is 0. The van der Waals surface area contributed by atoms with Crippen LogP contribution in [0, 0.1) is 0 Å². The molecule has 0 bridgehead atoms. The fourth-order valence-electron chi connectivity index (χ4n) is 6.06. The van der Waals surface area contributed by atoms with Crippen LogP contribution in [-0.4, -0.2) is 0 Å². The molecule has 204 valence electrons. The molecule has 1 nitrogen and oxygen atoms in total. The number of rotatable bonds is 6. The lowest BCUT2D eigenvalue weighted by atomic mass is 10.1. The molecule has 43 heavy (non-hydrogen) atoms. The lowest BCUT2D eigenvalue weighted by molar-refractivity contribution is 0.721. The van der Waals surface area contributed by atoms with Crippen molar-refractivity contribution in [2.24, 2.45) is 0 Å². The smallest absolute Gasteiger partial charge is 0.0989 e. The van der Waals surface area contributed by atoms with E-state index in [9.17, 15) is 0 Å². The maximum Gasteiger partial charge on any atom is 0.0989 e. The Morgan fingerprint density at radius 3 is 0.767 bits per heavy atom.